The number of anilines is 2. The monoisotopic (exact) mass is 321 g/mol. The van der Waals surface area contributed by atoms with Gasteiger partial charge in [0, 0.05) is 37.9 Å². The van der Waals surface area contributed by atoms with Crippen LogP contribution in [-0.2, 0) is 0 Å². The van der Waals surface area contributed by atoms with Crippen LogP contribution in [0.1, 0.15) is 0 Å². The van der Waals surface area contributed by atoms with Crippen molar-refractivity contribution < 1.29 is 0 Å². The molecule has 4 aromatic heterocycles. The van der Waals surface area contributed by atoms with Gasteiger partial charge in [-0.3, -0.25) is 0 Å². The second kappa shape index (κ2) is 5.15. The van der Waals surface area contributed by atoms with Crippen molar-refractivity contribution in [3.05, 3.63) is 43.1 Å². The maximum absolute atomic E-state index is 4.52. The molecule has 1 fully saturated rings. The summed E-state index contributed by atoms with van der Waals surface area (Å²) in [6, 6.07) is 5.88. The fourth-order valence-corrected chi connectivity index (χ4v) is 3.01. The molecule has 0 aromatic carbocycles. The van der Waals surface area contributed by atoms with Gasteiger partial charge in [0.05, 0.1) is 6.20 Å². The van der Waals surface area contributed by atoms with Gasteiger partial charge in [-0.05, 0) is 18.2 Å². The van der Waals surface area contributed by atoms with Crippen molar-refractivity contribution in [2.45, 2.75) is 0 Å². The van der Waals surface area contributed by atoms with Gasteiger partial charge in [-0.15, -0.1) is 15.3 Å². The molecule has 5 heterocycles. The Balaban J connectivity index is 1.23. The van der Waals surface area contributed by atoms with Crippen molar-refractivity contribution in [2.75, 3.05) is 29.9 Å². The molecule has 1 aliphatic heterocycles. The summed E-state index contributed by atoms with van der Waals surface area (Å²) in [5, 5.41) is 20.0. The summed E-state index contributed by atoms with van der Waals surface area (Å²) in [6.07, 6.45) is 7.00. The number of hydrogen-bond donors (Lipinski definition) is 1. The molecule has 0 aliphatic carbocycles. The van der Waals surface area contributed by atoms with Gasteiger partial charge in [0.25, 0.3) is 0 Å². The van der Waals surface area contributed by atoms with Gasteiger partial charge in [-0.1, -0.05) is 0 Å². The van der Waals surface area contributed by atoms with E-state index < -0.39 is 0 Å². The number of nitrogens with one attached hydrogen (secondary N) is 1. The topological polar surface area (TPSA) is 88.5 Å². The van der Waals surface area contributed by atoms with Crippen LogP contribution < -0.4 is 10.2 Å². The van der Waals surface area contributed by atoms with Gasteiger partial charge in [0.1, 0.15) is 17.7 Å². The Morgan fingerprint density at radius 2 is 2.08 bits per heavy atom. The predicted octanol–water partition coefficient (Wildman–Crippen LogP) is 0.715. The number of nitrogens with zero attached hydrogens (tertiary/aromatic N) is 8. The minimum atomic E-state index is 0.563. The molecule has 1 aliphatic rings. The summed E-state index contributed by atoms with van der Waals surface area (Å²) in [7, 11) is 0. The summed E-state index contributed by atoms with van der Waals surface area (Å²) < 4.78 is 3.52. The molecule has 0 amide bonds. The lowest BCUT2D eigenvalue weighted by Gasteiger charge is -2.40. The van der Waals surface area contributed by atoms with Crippen LogP contribution in [0.3, 0.4) is 0 Å². The van der Waals surface area contributed by atoms with Gasteiger partial charge in [0.15, 0.2) is 11.5 Å². The van der Waals surface area contributed by atoms with Crippen molar-refractivity contribution in [1.82, 2.24) is 34.4 Å². The zero-order chi connectivity index (χ0) is 15.9. The van der Waals surface area contributed by atoms with Gasteiger partial charge < -0.3 is 10.2 Å². The molecule has 120 valence electrons. The van der Waals surface area contributed by atoms with Crippen LogP contribution in [0.2, 0.25) is 0 Å². The Labute approximate surface area is 136 Å². The molecule has 0 radical (unpaired) electrons. The number of fused-ring (bicyclic) bond motifs is 2. The lowest BCUT2D eigenvalue weighted by Crippen LogP contribution is -2.50. The molecule has 0 unspecified atom stereocenters. The third-order valence-corrected chi connectivity index (χ3v) is 4.31. The zero-order valence-electron chi connectivity index (χ0n) is 12.8. The van der Waals surface area contributed by atoms with E-state index in [9.17, 15) is 0 Å². The molecule has 24 heavy (non-hydrogen) atoms. The Morgan fingerprint density at radius 1 is 1.12 bits per heavy atom. The fraction of sp³-hybridized carbons (Fsp3) is 0.267. The largest absolute Gasteiger partial charge is 0.368 e. The Kier molecular flexibility index (Phi) is 2.84. The minimum Gasteiger partial charge on any atom is -0.368 e. The van der Waals surface area contributed by atoms with Crippen LogP contribution >= 0.6 is 0 Å². The third kappa shape index (κ3) is 2.13. The van der Waals surface area contributed by atoms with E-state index in [1.165, 1.54) is 0 Å². The first kappa shape index (κ1) is 13.2. The fourth-order valence-electron chi connectivity index (χ4n) is 3.01. The van der Waals surface area contributed by atoms with Crippen molar-refractivity contribution in [2.24, 2.45) is 5.92 Å². The Bertz CT molecular complexity index is 998. The molecular weight excluding hydrogens is 306 g/mol. The second-order valence-corrected chi connectivity index (χ2v) is 5.91. The van der Waals surface area contributed by atoms with E-state index in [0.717, 1.165) is 42.4 Å². The van der Waals surface area contributed by atoms with E-state index >= 15 is 0 Å². The van der Waals surface area contributed by atoms with E-state index in [4.69, 9.17) is 0 Å². The van der Waals surface area contributed by atoms with E-state index in [1.54, 1.807) is 23.2 Å². The number of hydrogen-bond acceptors (Lipinski definition) is 7. The smallest absolute Gasteiger partial charge is 0.177 e. The quantitative estimate of drug-likeness (QED) is 0.592. The maximum atomic E-state index is 4.52. The molecule has 1 saturated heterocycles. The van der Waals surface area contributed by atoms with Crippen LogP contribution in [0.5, 0.6) is 0 Å². The molecule has 0 saturated carbocycles. The summed E-state index contributed by atoms with van der Waals surface area (Å²) in [5.41, 5.74) is 1.76. The molecule has 5 rings (SSSR count). The van der Waals surface area contributed by atoms with Gasteiger partial charge in [-0.25, -0.2) is 9.50 Å². The highest BCUT2D eigenvalue weighted by molar-refractivity contribution is 5.66. The summed E-state index contributed by atoms with van der Waals surface area (Å²) in [5.74, 6) is 2.39. The third-order valence-electron chi connectivity index (χ3n) is 4.31. The maximum Gasteiger partial charge on any atom is 0.177 e. The first-order chi connectivity index (χ1) is 11.9. The summed E-state index contributed by atoms with van der Waals surface area (Å²) >= 11 is 0. The molecule has 1 N–H and O–H groups in total. The van der Waals surface area contributed by atoms with Gasteiger partial charge in [0.2, 0.25) is 0 Å². The Hall–Kier alpha value is -3.23. The summed E-state index contributed by atoms with van der Waals surface area (Å²) in [4.78, 5) is 6.65. The van der Waals surface area contributed by atoms with E-state index in [0.29, 0.717) is 5.92 Å². The molecular formula is C15H15N9. The predicted molar refractivity (Wildman–Crippen MR) is 88.0 cm³/mol. The molecule has 0 bridgehead atoms. The van der Waals surface area contributed by atoms with Gasteiger partial charge in [-0.2, -0.15) is 9.61 Å². The average Bonchev–Trinajstić information content (AvgIpc) is 3.22. The Morgan fingerprint density at radius 3 is 3.04 bits per heavy atom. The molecule has 9 heteroatoms. The van der Waals surface area contributed by atoms with E-state index in [2.05, 4.69) is 35.6 Å². The van der Waals surface area contributed by atoms with Gasteiger partial charge >= 0.3 is 0 Å². The van der Waals surface area contributed by atoms with Crippen LogP contribution in [0.25, 0.3) is 11.2 Å². The van der Waals surface area contributed by atoms with Crippen molar-refractivity contribution in [3.8, 4) is 0 Å². The lowest BCUT2D eigenvalue weighted by atomic mass is 10.0. The highest BCUT2D eigenvalue weighted by Crippen LogP contribution is 2.23. The first-order valence-electron chi connectivity index (χ1n) is 7.81. The number of aromatic nitrogens is 7. The van der Waals surface area contributed by atoms with Crippen molar-refractivity contribution in [3.63, 3.8) is 0 Å². The first-order valence-corrected chi connectivity index (χ1v) is 7.81. The second-order valence-electron chi connectivity index (χ2n) is 5.91. The molecule has 9 nitrogen and oxygen atoms in total. The minimum absolute atomic E-state index is 0.563. The van der Waals surface area contributed by atoms with Crippen molar-refractivity contribution >= 4 is 22.8 Å². The summed E-state index contributed by atoms with van der Waals surface area (Å²) in [6.45, 7) is 2.81. The van der Waals surface area contributed by atoms with E-state index in [1.807, 2.05) is 28.9 Å². The van der Waals surface area contributed by atoms with E-state index in [-0.39, 0.29) is 0 Å². The van der Waals surface area contributed by atoms with Crippen LogP contribution in [0.4, 0.5) is 11.6 Å². The molecule has 0 spiro atoms. The normalized spacial score (nSPS) is 15.1. The van der Waals surface area contributed by atoms with Crippen LogP contribution in [-0.4, -0.2) is 54.0 Å². The zero-order valence-corrected chi connectivity index (χ0v) is 12.8. The van der Waals surface area contributed by atoms with Crippen LogP contribution in [0.15, 0.2) is 43.1 Å². The average molecular weight is 321 g/mol. The van der Waals surface area contributed by atoms with Crippen molar-refractivity contribution in [1.29, 1.82) is 0 Å². The molecule has 4 aromatic rings. The van der Waals surface area contributed by atoms with Crippen LogP contribution in [0, 0.1) is 5.92 Å². The highest BCUT2D eigenvalue weighted by atomic mass is 15.4. The SMILES string of the molecule is c1cn2nccc2c(NCC2CN(c3ccc4nncn4n3)C2)n1. The molecule has 0 atom stereocenters. The highest BCUT2D eigenvalue weighted by Gasteiger charge is 2.28. The lowest BCUT2D eigenvalue weighted by molar-refractivity contribution is 0.425. The standard InChI is InChI=1S/C15H15N9/c1-2-14(21-24-10-18-20-13(1)24)22-8-11(9-22)7-17-15-12-3-4-19-23(12)6-5-16-15/h1-6,10-11H,7-9H2,(H,16,17). The number of rotatable bonds is 4.